The van der Waals surface area contributed by atoms with E-state index in [1.165, 1.54) is 60.3 Å². The van der Waals surface area contributed by atoms with Crippen LogP contribution in [-0.2, 0) is 0 Å². The van der Waals surface area contributed by atoms with E-state index in [0.29, 0.717) is 0 Å². The first kappa shape index (κ1) is 14.9. The summed E-state index contributed by atoms with van der Waals surface area (Å²) in [6.07, 6.45) is 8.48. The van der Waals surface area contributed by atoms with Gasteiger partial charge in [0.2, 0.25) is 0 Å². The zero-order valence-corrected chi connectivity index (χ0v) is 13.2. The lowest BCUT2D eigenvalue weighted by Gasteiger charge is -2.15. The number of thioether (sulfide) groups is 1. The molecular formula is C17H27NS. The first-order valence-corrected chi connectivity index (χ1v) is 8.68. The second kappa shape index (κ2) is 7.96. The first-order chi connectivity index (χ1) is 9.25. The third-order valence-electron chi connectivity index (χ3n) is 4.14. The topological polar surface area (TPSA) is 12.0 Å². The van der Waals surface area contributed by atoms with E-state index in [1.54, 1.807) is 0 Å². The van der Waals surface area contributed by atoms with Gasteiger partial charge in [0.25, 0.3) is 0 Å². The van der Waals surface area contributed by atoms with E-state index >= 15 is 0 Å². The molecule has 1 aliphatic rings. The highest BCUT2D eigenvalue weighted by atomic mass is 32.2. The van der Waals surface area contributed by atoms with Crippen LogP contribution in [0.1, 0.15) is 49.7 Å². The number of benzene rings is 1. The fourth-order valence-electron chi connectivity index (χ4n) is 2.72. The van der Waals surface area contributed by atoms with Crippen LogP contribution in [0, 0.1) is 13.8 Å². The third-order valence-corrected chi connectivity index (χ3v) is 5.13. The maximum atomic E-state index is 3.74. The van der Waals surface area contributed by atoms with Crippen molar-refractivity contribution in [2.75, 3.05) is 12.3 Å². The Bertz CT molecular complexity index is 381. The summed E-state index contributed by atoms with van der Waals surface area (Å²) in [6, 6.07) is 7.57. The van der Waals surface area contributed by atoms with Gasteiger partial charge in [0.1, 0.15) is 0 Å². The predicted molar refractivity (Wildman–Crippen MR) is 86.1 cm³/mol. The largest absolute Gasteiger partial charge is 0.313 e. The molecule has 0 radical (unpaired) electrons. The molecule has 0 atom stereocenters. The standard InChI is InChI=1S/C17H27NS/c1-14-9-10-17(13-15(14)2)19-12-11-18-16-7-5-3-4-6-8-16/h9-10,13,16,18H,3-8,11-12H2,1-2H3. The van der Waals surface area contributed by atoms with Gasteiger partial charge in [-0.25, -0.2) is 0 Å². The van der Waals surface area contributed by atoms with Crippen molar-refractivity contribution in [3.05, 3.63) is 29.3 Å². The minimum absolute atomic E-state index is 0.780. The molecule has 0 spiro atoms. The molecule has 1 aliphatic carbocycles. The second-order valence-electron chi connectivity index (χ2n) is 5.74. The Kier molecular flexibility index (Phi) is 6.25. The van der Waals surface area contributed by atoms with Gasteiger partial charge in [-0.15, -0.1) is 11.8 Å². The Balaban J connectivity index is 1.67. The molecule has 2 heteroatoms. The molecular weight excluding hydrogens is 250 g/mol. The van der Waals surface area contributed by atoms with Crippen LogP contribution in [0.15, 0.2) is 23.1 Å². The van der Waals surface area contributed by atoms with E-state index in [-0.39, 0.29) is 0 Å². The second-order valence-corrected chi connectivity index (χ2v) is 6.91. The number of rotatable bonds is 5. The number of nitrogens with one attached hydrogen (secondary N) is 1. The molecule has 106 valence electrons. The minimum Gasteiger partial charge on any atom is -0.313 e. The summed E-state index contributed by atoms with van der Waals surface area (Å²) in [6.45, 7) is 5.52. The van der Waals surface area contributed by atoms with E-state index < -0.39 is 0 Å². The molecule has 0 aliphatic heterocycles. The van der Waals surface area contributed by atoms with Gasteiger partial charge >= 0.3 is 0 Å². The molecule has 1 aromatic carbocycles. The number of aryl methyl sites for hydroxylation is 2. The van der Waals surface area contributed by atoms with Crippen LogP contribution in [0.25, 0.3) is 0 Å². The average Bonchev–Trinajstić information content (AvgIpc) is 2.67. The predicted octanol–water partition coefficient (Wildman–Crippen LogP) is 4.71. The van der Waals surface area contributed by atoms with Crippen molar-refractivity contribution < 1.29 is 0 Å². The fraction of sp³-hybridized carbons (Fsp3) is 0.647. The molecule has 1 aromatic rings. The van der Waals surface area contributed by atoms with Crippen LogP contribution >= 0.6 is 11.8 Å². The molecule has 0 amide bonds. The van der Waals surface area contributed by atoms with Crippen LogP contribution in [0.4, 0.5) is 0 Å². The van der Waals surface area contributed by atoms with Crippen LogP contribution in [0.5, 0.6) is 0 Å². The average molecular weight is 277 g/mol. The van der Waals surface area contributed by atoms with Crippen LogP contribution in [-0.4, -0.2) is 18.3 Å². The van der Waals surface area contributed by atoms with Gasteiger partial charge in [-0.1, -0.05) is 31.7 Å². The van der Waals surface area contributed by atoms with Gasteiger partial charge < -0.3 is 5.32 Å². The van der Waals surface area contributed by atoms with E-state index in [2.05, 4.69) is 37.4 Å². The zero-order valence-electron chi connectivity index (χ0n) is 12.4. The van der Waals surface area contributed by atoms with Crippen molar-refractivity contribution in [2.45, 2.75) is 63.3 Å². The summed E-state index contributed by atoms with van der Waals surface area (Å²) >= 11 is 1.97. The summed E-state index contributed by atoms with van der Waals surface area (Å²) in [5, 5.41) is 3.74. The van der Waals surface area contributed by atoms with Gasteiger partial charge in [-0.3, -0.25) is 0 Å². The quantitative estimate of drug-likeness (QED) is 0.475. The lowest BCUT2D eigenvalue weighted by atomic mass is 10.1. The maximum Gasteiger partial charge on any atom is 0.0106 e. The Labute approximate surface area is 122 Å². The van der Waals surface area contributed by atoms with E-state index in [4.69, 9.17) is 0 Å². The molecule has 1 N–H and O–H groups in total. The van der Waals surface area contributed by atoms with Gasteiger partial charge in [0.05, 0.1) is 0 Å². The maximum absolute atomic E-state index is 3.74. The van der Waals surface area contributed by atoms with E-state index in [1.807, 2.05) is 11.8 Å². The number of hydrogen-bond acceptors (Lipinski definition) is 2. The van der Waals surface area contributed by atoms with Gasteiger partial charge in [0, 0.05) is 23.2 Å². The Morgan fingerprint density at radius 2 is 1.79 bits per heavy atom. The molecule has 1 saturated carbocycles. The highest BCUT2D eigenvalue weighted by molar-refractivity contribution is 7.99. The zero-order chi connectivity index (χ0) is 13.5. The molecule has 0 heterocycles. The molecule has 2 rings (SSSR count). The summed E-state index contributed by atoms with van der Waals surface area (Å²) in [5.41, 5.74) is 2.79. The minimum atomic E-state index is 0.780. The van der Waals surface area contributed by atoms with Gasteiger partial charge in [-0.05, 0) is 49.9 Å². The summed E-state index contributed by atoms with van der Waals surface area (Å²) in [5.74, 6) is 1.18. The summed E-state index contributed by atoms with van der Waals surface area (Å²) < 4.78 is 0. The Morgan fingerprint density at radius 1 is 1.05 bits per heavy atom. The van der Waals surface area contributed by atoms with E-state index in [0.717, 1.165) is 12.6 Å². The molecule has 19 heavy (non-hydrogen) atoms. The van der Waals surface area contributed by atoms with Crippen LogP contribution < -0.4 is 5.32 Å². The SMILES string of the molecule is Cc1ccc(SCCNC2CCCCCC2)cc1C. The Morgan fingerprint density at radius 3 is 2.47 bits per heavy atom. The lowest BCUT2D eigenvalue weighted by molar-refractivity contribution is 0.474. The van der Waals surface area contributed by atoms with Crippen molar-refractivity contribution in [1.29, 1.82) is 0 Å². The third kappa shape index (κ3) is 5.19. The molecule has 1 nitrogen and oxygen atoms in total. The summed E-state index contributed by atoms with van der Waals surface area (Å²) in [7, 11) is 0. The Hall–Kier alpha value is -0.470. The molecule has 0 aromatic heterocycles. The summed E-state index contributed by atoms with van der Waals surface area (Å²) in [4.78, 5) is 1.41. The highest BCUT2D eigenvalue weighted by Crippen LogP contribution is 2.21. The molecule has 1 fully saturated rings. The van der Waals surface area contributed by atoms with Crippen molar-refractivity contribution in [1.82, 2.24) is 5.32 Å². The van der Waals surface area contributed by atoms with Gasteiger partial charge in [0.15, 0.2) is 0 Å². The first-order valence-electron chi connectivity index (χ1n) is 7.69. The van der Waals surface area contributed by atoms with Crippen LogP contribution in [0.3, 0.4) is 0 Å². The molecule has 0 bridgehead atoms. The van der Waals surface area contributed by atoms with Crippen molar-refractivity contribution >= 4 is 11.8 Å². The van der Waals surface area contributed by atoms with Crippen molar-refractivity contribution in [3.8, 4) is 0 Å². The monoisotopic (exact) mass is 277 g/mol. The van der Waals surface area contributed by atoms with Gasteiger partial charge in [-0.2, -0.15) is 0 Å². The van der Waals surface area contributed by atoms with Crippen molar-refractivity contribution in [2.24, 2.45) is 0 Å². The van der Waals surface area contributed by atoms with Crippen molar-refractivity contribution in [3.63, 3.8) is 0 Å². The highest BCUT2D eigenvalue weighted by Gasteiger charge is 2.10. The number of hydrogen-bond donors (Lipinski definition) is 1. The molecule has 0 saturated heterocycles. The fourth-order valence-corrected chi connectivity index (χ4v) is 3.60. The lowest BCUT2D eigenvalue weighted by Crippen LogP contribution is -2.30. The molecule has 0 unspecified atom stereocenters. The smallest absolute Gasteiger partial charge is 0.0106 e. The van der Waals surface area contributed by atoms with Crippen LogP contribution in [0.2, 0.25) is 0 Å². The van der Waals surface area contributed by atoms with E-state index in [9.17, 15) is 0 Å². The normalized spacial score (nSPS) is 17.4.